The molecule has 2 fully saturated rings. The number of aliphatic carboxylic acids is 1. The van der Waals surface area contributed by atoms with Crippen molar-refractivity contribution in [3.63, 3.8) is 0 Å². The first-order valence-corrected chi connectivity index (χ1v) is 8.01. The monoisotopic (exact) mass is 356 g/mol. The molecule has 3 rings (SSSR count). The number of benzene rings is 1. The van der Waals surface area contributed by atoms with Gasteiger partial charge < -0.3 is 15.3 Å². The van der Waals surface area contributed by atoms with Gasteiger partial charge in [-0.2, -0.15) is 0 Å². The molecule has 9 heteroatoms. The zero-order chi connectivity index (χ0) is 17.8. The van der Waals surface area contributed by atoms with E-state index in [1.807, 2.05) is 0 Å². The summed E-state index contributed by atoms with van der Waals surface area (Å²) in [5, 5.41) is 11.0. The molecule has 2 saturated heterocycles. The van der Waals surface area contributed by atoms with E-state index in [1.165, 1.54) is 16.7 Å². The number of nitrogens with zero attached hydrogens (tertiary/aromatic N) is 1. The minimum Gasteiger partial charge on any atom is -0.480 e. The molecule has 2 aliphatic heterocycles. The molecule has 3 atom stereocenters. The van der Waals surface area contributed by atoms with Crippen molar-refractivity contribution in [3.05, 3.63) is 35.4 Å². The van der Waals surface area contributed by atoms with E-state index >= 15 is 0 Å². The number of hydrogen-bond donors (Lipinski definition) is 2. The number of halogens is 2. The standard InChI is InChI=1S/C15H14F2N2O4S/c1-15(2)10(14(22)23)19-12(21)9(13(19)24-15)18-11(20)8-6(16)4-3-5-7(8)17/h3-5,9-10,13H,1-2H3,(H,18,20)(H,22,23)/t9-,10-,13+/m1/s1. The second-order valence-electron chi connectivity index (χ2n) is 6.15. The van der Waals surface area contributed by atoms with Crippen LogP contribution in [0.2, 0.25) is 0 Å². The van der Waals surface area contributed by atoms with Crippen molar-refractivity contribution in [2.24, 2.45) is 0 Å². The molecule has 6 nitrogen and oxygen atoms in total. The van der Waals surface area contributed by atoms with Crippen molar-refractivity contribution < 1.29 is 28.3 Å². The van der Waals surface area contributed by atoms with E-state index in [0.29, 0.717) is 0 Å². The predicted molar refractivity (Wildman–Crippen MR) is 81.3 cm³/mol. The normalized spacial score (nSPS) is 27.4. The summed E-state index contributed by atoms with van der Waals surface area (Å²) < 4.78 is 26.6. The van der Waals surface area contributed by atoms with Crippen LogP contribution in [0, 0.1) is 11.6 Å². The van der Waals surface area contributed by atoms with Crippen molar-refractivity contribution >= 4 is 29.5 Å². The SMILES string of the molecule is CC1(C)S[C@H]2[C@H](NC(=O)c3c(F)cccc3F)C(=O)N2[C@@H]1C(=O)O. The number of nitrogens with one attached hydrogen (secondary N) is 1. The van der Waals surface area contributed by atoms with Crippen LogP contribution in [0.1, 0.15) is 24.2 Å². The molecular weight excluding hydrogens is 342 g/mol. The molecule has 0 bridgehead atoms. The summed E-state index contributed by atoms with van der Waals surface area (Å²) in [6.45, 7) is 3.38. The number of β-lactam (4-membered cyclic amide) rings is 1. The Bertz CT molecular complexity index is 735. The van der Waals surface area contributed by atoms with E-state index in [2.05, 4.69) is 5.32 Å². The van der Waals surface area contributed by atoms with Crippen molar-refractivity contribution in [1.82, 2.24) is 10.2 Å². The number of fused-ring (bicyclic) bond motifs is 1. The maximum absolute atomic E-state index is 13.7. The van der Waals surface area contributed by atoms with Gasteiger partial charge in [0.15, 0.2) is 0 Å². The van der Waals surface area contributed by atoms with E-state index in [4.69, 9.17) is 0 Å². The minimum atomic E-state index is -1.13. The molecule has 1 aromatic rings. The first-order chi connectivity index (χ1) is 11.1. The van der Waals surface area contributed by atoms with Gasteiger partial charge in [-0.05, 0) is 26.0 Å². The molecule has 0 radical (unpaired) electrons. The van der Waals surface area contributed by atoms with Gasteiger partial charge in [0.2, 0.25) is 5.91 Å². The fraction of sp³-hybridized carbons (Fsp3) is 0.400. The van der Waals surface area contributed by atoms with Gasteiger partial charge in [-0.1, -0.05) is 6.07 Å². The van der Waals surface area contributed by atoms with Crippen molar-refractivity contribution in [3.8, 4) is 0 Å². The van der Waals surface area contributed by atoms with Crippen molar-refractivity contribution in [1.29, 1.82) is 0 Å². The lowest BCUT2D eigenvalue weighted by Crippen LogP contribution is -2.70. The lowest BCUT2D eigenvalue weighted by atomic mass is 9.96. The molecule has 0 spiro atoms. The average molecular weight is 356 g/mol. The number of hydrogen-bond acceptors (Lipinski definition) is 4. The summed E-state index contributed by atoms with van der Waals surface area (Å²) in [4.78, 5) is 36.9. The van der Waals surface area contributed by atoms with E-state index < -0.39 is 57.2 Å². The Balaban J connectivity index is 1.81. The maximum atomic E-state index is 13.7. The highest BCUT2D eigenvalue weighted by Gasteiger charge is 2.64. The van der Waals surface area contributed by atoms with Crippen molar-refractivity contribution in [2.75, 3.05) is 0 Å². The number of carbonyl (C=O) groups excluding carboxylic acids is 2. The van der Waals surface area contributed by atoms with Gasteiger partial charge in [-0.15, -0.1) is 11.8 Å². The van der Waals surface area contributed by atoms with Crippen LogP contribution in [0.15, 0.2) is 18.2 Å². The van der Waals surface area contributed by atoms with Crippen LogP contribution in [0.3, 0.4) is 0 Å². The zero-order valence-electron chi connectivity index (χ0n) is 12.7. The van der Waals surface area contributed by atoms with E-state index in [0.717, 1.165) is 18.2 Å². The Morgan fingerprint density at radius 1 is 1.29 bits per heavy atom. The highest BCUT2D eigenvalue weighted by molar-refractivity contribution is 8.01. The van der Waals surface area contributed by atoms with Crippen LogP contribution in [0.4, 0.5) is 8.78 Å². The topological polar surface area (TPSA) is 86.7 Å². The van der Waals surface area contributed by atoms with Crippen LogP contribution >= 0.6 is 11.8 Å². The smallest absolute Gasteiger partial charge is 0.327 e. The summed E-state index contributed by atoms with van der Waals surface area (Å²) in [5.74, 6) is -4.80. The summed E-state index contributed by atoms with van der Waals surface area (Å²) in [6, 6.07) is 0.995. The van der Waals surface area contributed by atoms with Crippen LogP contribution in [0.25, 0.3) is 0 Å². The zero-order valence-corrected chi connectivity index (χ0v) is 13.6. The summed E-state index contributed by atoms with van der Waals surface area (Å²) in [7, 11) is 0. The quantitative estimate of drug-likeness (QED) is 0.795. The molecule has 1 aromatic carbocycles. The fourth-order valence-corrected chi connectivity index (χ4v) is 4.70. The number of rotatable bonds is 3. The lowest BCUT2D eigenvalue weighted by molar-refractivity contribution is -0.159. The Hall–Kier alpha value is -2.16. The number of carbonyl (C=O) groups is 3. The molecule has 24 heavy (non-hydrogen) atoms. The molecule has 0 aromatic heterocycles. The van der Waals surface area contributed by atoms with Gasteiger partial charge in [-0.3, -0.25) is 9.59 Å². The molecule has 2 aliphatic rings. The molecule has 128 valence electrons. The molecular formula is C15H14F2N2O4S. The third-order valence-electron chi connectivity index (χ3n) is 4.15. The number of carboxylic acids is 1. The van der Waals surface area contributed by atoms with E-state index in [-0.39, 0.29) is 0 Å². The Labute approximate surface area is 140 Å². The summed E-state index contributed by atoms with van der Waals surface area (Å²) >= 11 is 1.23. The minimum absolute atomic E-state index is 0.574. The van der Waals surface area contributed by atoms with Crippen LogP contribution < -0.4 is 5.32 Å². The Morgan fingerprint density at radius 2 is 1.88 bits per heavy atom. The van der Waals surface area contributed by atoms with Crippen LogP contribution in [-0.4, -0.2) is 50.0 Å². The highest BCUT2D eigenvalue weighted by Crippen LogP contribution is 2.50. The lowest BCUT2D eigenvalue weighted by Gasteiger charge is -2.43. The third-order valence-corrected chi connectivity index (χ3v) is 5.72. The van der Waals surface area contributed by atoms with Gasteiger partial charge in [0.25, 0.3) is 5.91 Å². The van der Waals surface area contributed by atoms with Crippen LogP contribution in [-0.2, 0) is 9.59 Å². The number of amides is 2. The van der Waals surface area contributed by atoms with E-state index in [9.17, 15) is 28.3 Å². The third kappa shape index (κ3) is 2.34. The summed E-state index contributed by atoms with van der Waals surface area (Å²) in [5.41, 5.74) is -0.763. The van der Waals surface area contributed by atoms with Gasteiger partial charge >= 0.3 is 5.97 Å². The summed E-state index contributed by atoms with van der Waals surface area (Å²) in [6.07, 6.45) is 0. The second kappa shape index (κ2) is 5.44. The second-order valence-corrected chi connectivity index (χ2v) is 7.92. The fourth-order valence-electron chi connectivity index (χ4n) is 3.07. The van der Waals surface area contributed by atoms with E-state index in [1.54, 1.807) is 13.8 Å². The largest absolute Gasteiger partial charge is 0.480 e. The van der Waals surface area contributed by atoms with Crippen molar-refractivity contribution in [2.45, 2.75) is 36.1 Å². The Morgan fingerprint density at radius 3 is 2.42 bits per heavy atom. The number of carboxylic acid groups (broad SMARTS) is 1. The van der Waals surface area contributed by atoms with Gasteiger partial charge in [0.05, 0.1) is 0 Å². The Kier molecular flexibility index (Phi) is 3.78. The van der Waals surface area contributed by atoms with Gasteiger partial charge in [0, 0.05) is 4.75 Å². The maximum Gasteiger partial charge on any atom is 0.327 e. The molecule has 2 amide bonds. The molecule has 0 saturated carbocycles. The van der Waals surface area contributed by atoms with Crippen LogP contribution in [0.5, 0.6) is 0 Å². The first-order valence-electron chi connectivity index (χ1n) is 7.13. The van der Waals surface area contributed by atoms with Gasteiger partial charge in [-0.25, -0.2) is 13.6 Å². The molecule has 2 heterocycles. The number of thioether (sulfide) groups is 1. The predicted octanol–water partition coefficient (Wildman–Crippen LogP) is 1.21. The molecule has 0 unspecified atom stereocenters. The molecule has 0 aliphatic carbocycles. The first kappa shape index (κ1) is 16.7. The van der Waals surface area contributed by atoms with Gasteiger partial charge in [0.1, 0.15) is 34.7 Å². The highest BCUT2D eigenvalue weighted by atomic mass is 32.2. The average Bonchev–Trinajstić information content (AvgIpc) is 2.73. The molecule has 2 N–H and O–H groups in total.